The van der Waals surface area contributed by atoms with Gasteiger partial charge >= 0.3 is 5.97 Å². The van der Waals surface area contributed by atoms with Crippen LogP contribution in [0.5, 0.6) is 0 Å². The number of rotatable bonds is 6. The Bertz CT molecular complexity index is 467. The summed E-state index contributed by atoms with van der Waals surface area (Å²) in [4.78, 5) is 30.0. The molecule has 1 saturated carbocycles. The monoisotopic (exact) mass is 265 g/mol. The molecule has 0 radical (unpaired) electrons. The summed E-state index contributed by atoms with van der Waals surface area (Å²) in [6.45, 7) is 4.18. The standard InChI is InChI=1S/C13H19N3O3/c1-13(2)9(10(13)12(18)19)11(17)16-5-3-4-8-14-6-7-15-8/h6-7,9-10H,3-5H2,1-2H3,(H,14,15)(H,16,17)(H,18,19)/t9-,10+/m1/s1. The van der Waals surface area contributed by atoms with Crippen LogP contribution in [0.15, 0.2) is 12.4 Å². The van der Waals surface area contributed by atoms with E-state index in [1.807, 2.05) is 13.8 Å². The van der Waals surface area contributed by atoms with E-state index in [-0.39, 0.29) is 5.91 Å². The molecule has 1 aromatic heterocycles. The number of carbonyl (C=O) groups is 2. The summed E-state index contributed by atoms with van der Waals surface area (Å²) in [6.07, 6.45) is 5.00. The van der Waals surface area contributed by atoms with E-state index in [0.717, 1.165) is 18.7 Å². The molecule has 1 amide bonds. The van der Waals surface area contributed by atoms with Crippen molar-refractivity contribution in [2.45, 2.75) is 26.7 Å². The van der Waals surface area contributed by atoms with Crippen molar-refractivity contribution in [3.8, 4) is 0 Å². The number of nitrogens with one attached hydrogen (secondary N) is 2. The van der Waals surface area contributed by atoms with E-state index in [4.69, 9.17) is 5.11 Å². The average molecular weight is 265 g/mol. The van der Waals surface area contributed by atoms with E-state index >= 15 is 0 Å². The number of aliphatic carboxylic acids is 1. The van der Waals surface area contributed by atoms with Crippen LogP contribution >= 0.6 is 0 Å². The van der Waals surface area contributed by atoms with Gasteiger partial charge in [-0.05, 0) is 11.8 Å². The third-order valence-electron chi connectivity index (χ3n) is 3.82. The maximum absolute atomic E-state index is 11.9. The molecule has 3 N–H and O–H groups in total. The smallest absolute Gasteiger partial charge is 0.307 e. The molecule has 0 unspecified atom stereocenters. The topological polar surface area (TPSA) is 95.1 Å². The number of imidazole rings is 1. The Kier molecular flexibility index (Phi) is 3.59. The molecule has 1 aliphatic carbocycles. The van der Waals surface area contributed by atoms with Gasteiger partial charge in [0.2, 0.25) is 5.91 Å². The zero-order valence-corrected chi connectivity index (χ0v) is 11.1. The third kappa shape index (κ3) is 2.77. The van der Waals surface area contributed by atoms with Gasteiger partial charge < -0.3 is 15.4 Å². The molecule has 104 valence electrons. The molecule has 2 rings (SSSR count). The quantitative estimate of drug-likeness (QED) is 0.663. The van der Waals surface area contributed by atoms with Crippen molar-refractivity contribution in [2.24, 2.45) is 17.3 Å². The van der Waals surface area contributed by atoms with Crippen LogP contribution in [0.25, 0.3) is 0 Å². The molecule has 6 nitrogen and oxygen atoms in total. The Balaban J connectivity index is 1.72. The first-order chi connectivity index (χ1) is 8.94. The van der Waals surface area contributed by atoms with Gasteiger partial charge in [-0.2, -0.15) is 0 Å². The SMILES string of the molecule is CC1(C)[C@H](C(=O)O)[C@@H]1C(=O)NCCCc1ncc[nH]1. The molecule has 2 atom stereocenters. The molecule has 0 saturated heterocycles. The minimum atomic E-state index is -0.888. The number of aryl methyl sites for hydroxylation is 1. The zero-order chi connectivity index (χ0) is 14.0. The van der Waals surface area contributed by atoms with E-state index in [1.165, 1.54) is 0 Å². The van der Waals surface area contributed by atoms with Crippen LogP contribution in [-0.4, -0.2) is 33.5 Å². The minimum Gasteiger partial charge on any atom is -0.481 e. The highest BCUT2D eigenvalue weighted by atomic mass is 16.4. The fourth-order valence-electron chi connectivity index (χ4n) is 2.60. The molecule has 1 aliphatic rings. The first-order valence-corrected chi connectivity index (χ1v) is 6.43. The Hall–Kier alpha value is -1.85. The van der Waals surface area contributed by atoms with Crippen LogP contribution < -0.4 is 5.32 Å². The molecule has 0 spiro atoms. The summed E-state index contributed by atoms with van der Waals surface area (Å²) >= 11 is 0. The summed E-state index contributed by atoms with van der Waals surface area (Å²) < 4.78 is 0. The highest BCUT2D eigenvalue weighted by Crippen LogP contribution is 2.58. The summed E-state index contributed by atoms with van der Waals surface area (Å²) in [6, 6.07) is 0. The van der Waals surface area contributed by atoms with E-state index in [9.17, 15) is 9.59 Å². The van der Waals surface area contributed by atoms with Crippen molar-refractivity contribution in [3.05, 3.63) is 18.2 Å². The molecule has 1 heterocycles. The lowest BCUT2D eigenvalue weighted by Gasteiger charge is -2.05. The van der Waals surface area contributed by atoms with Crippen LogP contribution in [0.4, 0.5) is 0 Å². The Morgan fingerprint density at radius 1 is 1.47 bits per heavy atom. The molecule has 0 bridgehead atoms. The van der Waals surface area contributed by atoms with Crippen molar-refractivity contribution in [2.75, 3.05) is 6.54 Å². The maximum atomic E-state index is 11.9. The Morgan fingerprint density at radius 2 is 2.21 bits per heavy atom. The molecule has 19 heavy (non-hydrogen) atoms. The number of hydrogen-bond donors (Lipinski definition) is 3. The average Bonchev–Trinajstić information content (AvgIpc) is 2.73. The van der Waals surface area contributed by atoms with Crippen LogP contribution in [-0.2, 0) is 16.0 Å². The van der Waals surface area contributed by atoms with Gasteiger partial charge in [0.15, 0.2) is 0 Å². The number of carboxylic acid groups (broad SMARTS) is 1. The lowest BCUT2D eigenvalue weighted by atomic mass is 10.1. The van der Waals surface area contributed by atoms with Gasteiger partial charge in [0.1, 0.15) is 5.82 Å². The summed E-state index contributed by atoms with van der Waals surface area (Å²) in [5.74, 6) is -1.12. The number of carboxylic acids is 1. The fourth-order valence-corrected chi connectivity index (χ4v) is 2.60. The minimum absolute atomic E-state index is 0.156. The number of carbonyl (C=O) groups excluding carboxylic acids is 1. The van der Waals surface area contributed by atoms with Gasteiger partial charge in [0.25, 0.3) is 0 Å². The van der Waals surface area contributed by atoms with Crippen LogP contribution in [0.3, 0.4) is 0 Å². The van der Waals surface area contributed by atoms with Crippen LogP contribution in [0.1, 0.15) is 26.1 Å². The highest BCUT2D eigenvalue weighted by molar-refractivity contribution is 5.91. The predicted octanol–water partition coefficient (Wildman–Crippen LogP) is 0.815. The van der Waals surface area contributed by atoms with Crippen LogP contribution in [0, 0.1) is 17.3 Å². The molecular formula is C13H19N3O3. The van der Waals surface area contributed by atoms with E-state index in [0.29, 0.717) is 6.54 Å². The molecule has 0 aromatic carbocycles. The van der Waals surface area contributed by atoms with Crippen molar-refractivity contribution in [3.63, 3.8) is 0 Å². The Morgan fingerprint density at radius 3 is 2.74 bits per heavy atom. The second-order valence-electron chi connectivity index (χ2n) is 5.55. The highest BCUT2D eigenvalue weighted by Gasteiger charge is 2.65. The van der Waals surface area contributed by atoms with Gasteiger partial charge in [0.05, 0.1) is 11.8 Å². The van der Waals surface area contributed by atoms with Crippen LogP contribution in [0.2, 0.25) is 0 Å². The van der Waals surface area contributed by atoms with Gasteiger partial charge in [-0.1, -0.05) is 13.8 Å². The second-order valence-corrected chi connectivity index (χ2v) is 5.55. The largest absolute Gasteiger partial charge is 0.481 e. The van der Waals surface area contributed by atoms with Crippen molar-refractivity contribution in [1.29, 1.82) is 0 Å². The number of aromatic amines is 1. The van der Waals surface area contributed by atoms with Gasteiger partial charge in [-0.25, -0.2) is 4.98 Å². The van der Waals surface area contributed by atoms with Gasteiger partial charge in [0, 0.05) is 25.4 Å². The van der Waals surface area contributed by atoms with Crippen molar-refractivity contribution in [1.82, 2.24) is 15.3 Å². The molecule has 1 aromatic rings. The molecule has 1 fully saturated rings. The summed E-state index contributed by atoms with van der Waals surface area (Å²) in [5, 5.41) is 11.8. The molecule has 0 aliphatic heterocycles. The van der Waals surface area contributed by atoms with Gasteiger partial charge in [-0.3, -0.25) is 9.59 Å². The first-order valence-electron chi connectivity index (χ1n) is 6.43. The van der Waals surface area contributed by atoms with Crippen molar-refractivity contribution < 1.29 is 14.7 Å². The number of nitrogens with zero attached hydrogens (tertiary/aromatic N) is 1. The fraction of sp³-hybridized carbons (Fsp3) is 0.615. The lowest BCUT2D eigenvalue weighted by Crippen LogP contribution is -2.28. The summed E-state index contributed by atoms with van der Waals surface area (Å²) in [7, 11) is 0. The zero-order valence-electron chi connectivity index (χ0n) is 11.1. The lowest BCUT2D eigenvalue weighted by molar-refractivity contribution is -0.140. The summed E-state index contributed by atoms with van der Waals surface area (Å²) in [5.41, 5.74) is -0.434. The first kappa shape index (κ1) is 13.6. The maximum Gasteiger partial charge on any atom is 0.307 e. The van der Waals surface area contributed by atoms with E-state index < -0.39 is 23.2 Å². The number of hydrogen-bond acceptors (Lipinski definition) is 3. The second kappa shape index (κ2) is 5.03. The molecule has 6 heteroatoms. The normalized spacial score (nSPS) is 23.9. The number of aromatic nitrogens is 2. The number of H-pyrrole nitrogens is 1. The Labute approximate surface area is 111 Å². The van der Waals surface area contributed by atoms with E-state index in [2.05, 4.69) is 15.3 Å². The van der Waals surface area contributed by atoms with Gasteiger partial charge in [-0.15, -0.1) is 0 Å². The van der Waals surface area contributed by atoms with E-state index in [1.54, 1.807) is 12.4 Å². The van der Waals surface area contributed by atoms with Crippen molar-refractivity contribution >= 4 is 11.9 Å². The third-order valence-corrected chi connectivity index (χ3v) is 3.82. The number of amides is 1. The predicted molar refractivity (Wildman–Crippen MR) is 68.3 cm³/mol. The molecular weight excluding hydrogens is 246 g/mol.